The van der Waals surface area contributed by atoms with E-state index in [1.54, 1.807) is 0 Å². The second kappa shape index (κ2) is 6.31. The Morgan fingerprint density at radius 3 is 2.67 bits per heavy atom. The number of allylic oxidation sites excluding steroid dienone is 1. The van der Waals surface area contributed by atoms with Gasteiger partial charge in [-0.1, -0.05) is 30.3 Å². The van der Waals surface area contributed by atoms with Crippen LogP contribution in [0.15, 0.2) is 41.0 Å². The van der Waals surface area contributed by atoms with E-state index < -0.39 is 0 Å². The largest absolute Gasteiger partial charge is 0.375 e. The summed E-state index contributed by atoms with van der Waals surface area (Å²) in [5.74, 6) is 0. The number of hydrogen-bond acceptors (Lipinski definition) is 2. The molecular formula is C14H17N3S. The number of thiocarbonyl (C=S) groups is 1. The molecule has 1 saturated carbocycles. The molecule has 1 aromatic rings. The lowest BCUT2D eigenvalue weighted by Crippen LogP contribution is -2.26. The van der Waals surface area contributed by atoms with Crippen molar-refractivity contribution in [3.8, 4) is 0 Å². The molecule has 94 valence electrons. The van der Waals surface area contributed by atoms with Gasteiger partial charge < -0.3 is 5.73 Å². The first-order valence-electron chi connectivity index (χ1n) is 6.14. The van der Waals surface area contributed by atoms with E-state index in [1.165, 1.54) is 24.0 Å². The molecule has 0 atom stereocenters. The molecule has 18 heavy (non-hydrogen) atoms. The summed E-state index contributed by atoms with van der Waals surface area (Å²) in [6.07, 6.45) is 6.62. The van der Waals surface area contributed by atoms with Crippen molar-refractivity contribution < 1.29 is 0 Å². The Balaban J connectivity index is 2.20. The van der Waals surface area contributed by atoms with Crippen molar-refractivity contribution >= 4 is 29.1 Å². The van der Waals surface area contributed by atoms with Crippen LogP contribution >= 0.6 is 12.2 Å². The first kappa shape index (κ1) is 12.8. The van der Waals surface area contributed by atoms with Gasteiger partial charge in [0.2, 0.25) is 0 Å². The van der Waals surface area contributed by atoms with Crippen molar-refractivity contribution in [1.29, 1.82) is 0 Å². The minimum atomic E-state index is 0.215. The molecule has 0 aromatic heterocycles. The zero-order valence-corrected chi connectivity index (χ0v) is 11.0. The Kier molecular flexibility index (Phi) is 4.47. The van der Waals surface area contributed by atoms with Gasteiger partial charge in [-0.05, 0) is 55.1 Å². The zero-order valence-electron chi connectivity index (χ0n) is 10.2. The fourth-order valence-electron chi connectivity index (χ4n) is 2.07. The number of hydrogen-bond donors (Lipinski definition) is 2. The Labute approximate surface area is 113 Å². The molecule has 0 saturated heterocycles. The fraction of sp³-hybridized carbons (Fsp3) is 0.286. The third kappa shape index (κ3) is 3.67. The van der Waals surface area contributed by atoms with Gasteiger partial charge in [0, 0.05) is 0 Å². The predicted molar refractivity (Wildman–Crippen MR) is 80.2 cm³/mol. The molecule has 3 N–H and O–H groups in total. The number of nitrogens with two attached hydrogens (primary N) is 1. The minimum absolute atomic E-state index is 0.215. The molecule has 1 aliphatic rings. The zero-order chi connectivity index (χ0) is 12.8. The number of hydrazone groups is 1. The van der Waals surface area contributed by atoms with E-state index in [1.807, 2.05) is 18.2 Å². The van der Waals surface area contributed by atoms with Crippen LogP contribution < -0.4 is 11.2 Å². The van der Waals surface area contributed by atoms with Gasteiger partial charge in [-0.2, -0.15) is 5.10 Å². The molecule has 4 heteroatoms. The van der Waals surface area contributed by atoms with Crippen LogP contribution in [-0.2, 0) is 0 Å². The quantitative estimate of drug-likeness (QED) is 0.634. The van der Waals surface area contributed by atoms with Gasteiger partial charge in [0.1, 0.15) is 0 Å². The Bertz CT molecular complexity index is 477. The summed E-state index contributed by atoms with van der Waals surface area (Å²) in [5, 5.41) is 4.51. The van der Waals surface area contributed by atoms with Gasteiger partial charge in [-0.15, -0.1) is 0 Å². The van der Waals surface area contributed by atoms with Gasteiger partial charge in [0.15, 0.2) is 5.11 Å². The van der Waals surface area contributed by atoms with E-state index in [0.29, 0.717) is 0 Å². The summed E-state index contributed by atoms with van der Waals surface area (Å²) in [6, 6.07) is 10.3. The first-order chi connectivity index (χ1) is 8.75. The topological polar surface area (TPSA) is 50.4 Å². The third-order valence-corrected chi connectivity index (χ3v) is 3.01. The van der Waals surface area contributed by atoms with Crippen LogP contribution in [0.2, 0.25) is 0 Å². The van der Waals surface area contributed by atoms with Gasteiger partial charge in [0.05, 0.1) is 5.71 Å². The van der Waals surface area contributed by atoms with Crippen molar-refractivity contribution in [2.24, 2.45) is 10.8 Å². The van der Waals surface area contributed by atoms with Crippen molar-refractivity contribution in [1.82, 2.24) is 5.43 Å². The lowest BCUT2D eigenvalue weighted by Gasteiger charge is -2.17. The van der Waals surface area contributed by atoms with Gasteiger partial charge in [-0.3, -0.25) is 5.43 Å². The van der Waals surface area contributed by atoms with E-state index in [-0.39, 0.29) is 5.11 Å². The normalized spacial score (nSPS) is 20.0. The number of nitrogens with zero attached hydrogens (tertiary/aromatic N) is 1. The SMILES string of the molecule is NC(=S)N/N=C1\CCCC\C1=C\c1ccccc1. The Morgan fingerprint density at radius 1 is 1.22 bits per heavy atom. The highest BCUT2D eigenvalue weighted by Gasteiger charge is 2.13. The standard InChI is InChI=1S/C14H17N3S/c15-14(18)17-16-13-9-5-4-8-12(13)10-11-6-2-1-3-7-11/h1-3,6-7,10H,4-5,8-9H2,(H3,15,17,18)/b12-10-,16-13+. The van der Waals surface area contributed by atoms with Crippen molar-refractivity contribution in [3.05, 3.63) is 41.5 Å². The molecule has 0 spiro atoms. The number of rotatable bonds is 2. The summed E-state index contributed by atoms with van der Waals surface area (Å²) >= 11 is 4.77. The summed E-state index contributed by atoms with van der Waals surface area (Å²) in [7, 11) is 0. The number of nitrogens with one attached hydrogen (secondary N) is 1. The van der Waals surface area contributed by atoms with Crippen molar-refractivity contribution in [2.45, 2.75) is 25.7 Å². The maximum Gasteiger partial charge on any atom is 0.184 e. The smallest absolute Gasteiger partial charge is 0.184 e. The third-order valence-electron chi connectivity index (χ3n) is 2.92. The molecule has 1 aromatic carbocycles. The van der Waals surface area contributed by atoms with Gasteiger partial charge in [0.25, 0.3) is 0 Å². The average Bonchev–Trinajstić information content (AvgIpc) is 2.39. The molecule has 1 fully saturated rings. The van der Waals surface area contributed by atoms with Crippen LogP contribution in [0.4, 0.5) is 0 Å². The van der Waals surface area contributed by atoms with Crippen LogP contribution in [0, 0.1) is 0 Å². The molecule has 0 aliphatic heterocycles. The van der Waals surface area contributed by atoms with E-state index in [2.05, 4.69) is 28.7 Å². The molecular weight excluding hydrogens is 242 g/mol. The van der Waals surface area contributed by atoms with Crippen LogP contribution in [0.3, 0.4) is 0 Å². The molecule has 0 heterocycles. The van der Waals surface area contributed by atoms with Crippen molar-refractivity contribution in [3.63, 3.8) is 0 Å². The minimum Gasteiger partial charge on any atom is -0.375 e. The molecule has 1 aliphatic carbocycles. The van der Waals surface area contributed by atoms with Gasteiger partial charge >= 0.3 is 0 Å². The average molecular weight is 259 g/mol. The van der Waals surface area contributed by atoms with E-state index in [9.17, 15) is 0 Å². The molecule has 0 unspecified atom stereocenters. The van der Waals surface area contributed by atoms with Crippen LogP contribution in [0.5, 0.6) is 0 Å². The molecule has 3 nitrogen and oxygen atoms in total. The molecule has 0 amide bonds. The number of benzene rings is 1. The van der Waals surface area contributed by atoms with Gasteiger partial charge in [-0.25, -0.2) is 0 Å². The summed E-state index contributed by atoms with van der Waals surface area (Å²) in [4.78, 5) is 0. The maximum atomic E-state index is 5.40. The summed E-state index contributed by atoms with van der Waals surface area (Å²) < 4.78 is 0. The predicted octanol–water partition coefficient (Wildman–Crippen LogP) is 2.83. The highest BCUT2D eigenvalue weighted by atomic mass is 32.1. The first-order valence-corrected chi connectivity index (χ1v) is 6.54. The molecule has 2 rings (SSSR count). The Morgan fingerprint density at radius 2 is 1.94 bits per heavy atom. The second-order valence-corrected chi connectivity index (χ2v) is 4.76. The van der Waals surface area contributed by atoms with Crippen molar-refractivity contribution in [2.75, 3.05) is 0 Å². The van der Waals surface area contributed by atoms with Crippen LogP contribution in [0.1, 0.15) is 31.2 Å². The summed E-state index contributed by atoms with van der Waals surface area (Å²) in [5.41, 5.74) is 11.6. The summed E-state index contributed by atoms with van der Waals surface area (Å²) in [6.45, 7) is 0. The van der Waals surface area contributed by atoms with Crippen LogP contribution in [0.25, 0.3) is 6.08 Å². The Hall–Kier alpha value is -1.68. The monoisotopic (exact) mass is 259 g/mol. The highest BCUT2D eigenvalue weighted by molar-refractivity contribution is 7.80. The second-order valence-electron chi connectivity index (χ2n) is 4.32. The van der Waals surface area contributed by atoms with E-state index in [4.69, 9.17) is 18.0 Å². The molecule has 0 radical (unpaired) electrons. The molecule has 0 bridgehead atoms. The van der Waals surface area contributed by atoms with E-state index >= 15 is 0 Å². The maximum absolute atomic E-state index is 5.40. The lowest BCUT2D eigenvalue weighted by molar-refractivity contribution is 0.730. The van der Waals surface area contributed by atoms with Crippen LogP contribution in [-0.4, -0.2) is 10.8 Å². The fourth-order valence-corrected chi connectivity index (χ4v) is 2.11. The lowest BCUT2D eigenvalue weighted by atomic mass is 9.91. The van der Waals surface area contributed by atoms with E-state index in [0.717, 1.165) is 18.6 Å². The highest BCUT2D eigenvalue weighted by Crippen LogP contribution is 2.23.